The molecule has 7 nitrogen and oxygen atoms in total. The molecule has 0 amide bonds. The Morgan fingerprint density at radius 2 is 1.66 bits per heavy atom. The normalized spacial score (nSPS) is 11.6. The van der Waals surface area contributed by atoms with E-state index in [1.165, 1.54) is 6.07 Å². The number of benzene rings is 3. The fourth-order valence-corrected chi connectivity index (χ4v) is 5.26. The first-order valence-corrected chi connectivity index (χ1v) is 14.1. The summed E-state index contributed by atoms with van der Waals surface area (Å²) in [5.41, 5.74) is 2.31. The number of ether oxygens (including phenoxy) is 1. The molecule has 0 fully saturated rings. The van der Waals surface area contributed by atoms with Crippen molar-refractivity contribution in [1.82, 2.24) is 4.72 Å². The number of fused-ring (bicyclic) bond motifs is 1. The molecule has 0 saturated carbocycles. The molecular formula is C29H28ClNO6S. The van der Waals surface area contributed by atoms with Crippen LogP contribution in [-0.2, 0) is 14.8 Å². The maximum Gasteiger partial charge on any atom is 0.311 e. The highest BCUT2D eigenvalue weighted by Gasteiger charge is 2.16. The van der Waals surface area contributed by atoms with Crippen molar-refractivity contribution in [2.45, 2.75) is 44.4 Å². The van der Waals surface area contributed by atoms with Crippen molar-refractivity contribution in [3.8, 4) is 16.9 Å². The number of esters is 1. The number of nitrogens with one attached hydrogen (secondary N) is 1. The number of carbonyl (C=O) groups is 1. The number of sulfonamides is 1. The molecular weight excluding hydrogens is 526 g/mol. The van der Waals surface area contributed by atoms with Gasteiger partial charge in [0.2, 0.25) is 15.5 Å². The number of aryl methyl sites for hydroxylation is 2. The lowest BCUT2D eigenvalue weighted by molar-refractivity contribution is -0.134. The molecule has 3 aromatic carbocycles. The molecule has 0 aliphatic heterocycles. The number of rotatable bonds is 10. The zero-order chi connectivity index (χ0) is 27.3. The molecule has 0 aliphatic carbocycles. The van der Waals surface area contributed by atoms with E-state index < -0.39 is 16.0 Å². The number of carbonyl (C=O) groups excluding carboxylic acids is 1. The van der Waals surface area contributed by atoms with E-state index in [9.17, 15) is 18.0 Å². The maximum atomic E-state index is 13.1. The van der Waals surface area contributed by atoms with Crippen molar-refractivity contribution in [3.05, 3.63) is 93.3 Å². The Bertz CT molecular complexity index is 1610. The Balaban J connectivity index is 1.29. The summed E-state index contributed by atoms with van der Waals surface area (Å²) in [4.78, 5) is 25.7. The molecule has 198 valence electrons. The highest BCUT2D eigenvalue weighted by molar-refractivity contribution is 7.89. The van der Waals surface area contributed by atoms with E-state index in [0.29, 0.717) is 52.1 Å². The van der Waals surface area contributed by atoms with Gasteiger partial charge in [0.05, 0.1) is 15.8 Å². The quantitative estimate of drug-likeness (QED) is 0.143. The topological polar surface area (TPSA) is 103 Å². The molecule has 0 radical (unpaired) electrons. The van der Waals surface area contributed by atoms with Crippen molar-refractivity contribution in [3.63, 3.8) is 0 Å². The first-order chi connectivity index (χ1) is 18.1. The highest BCUT2D eigenvalue weighted by Crippen LogP contribution is 2.27. The van der Waals surface area contributed by atoms with Crippen LogP contribution in [0.25, 0.3) is 22.1 Å². The van der Waals surface area contributed by atoms with E-state index in [-0.39, 0.29) is 29.0 Å². The first kappa shape index (κ1) is 27.6. The molecule has 1 N–H and O–H groups in total. The summed E-state index contributed by atoms with van der Waals surface area (Å²) in [5.74, 6) is 0.322. The molecule has 1 aromatic heterocycles. The van der Waals surface area contributed by atoms with Gasteiger partial charge in [-0.3, -0.25) is 9.59 Å². The van der Waals surface area contributed by atoms with Gasteiger partial charge in [0.1, 0.15) is 17.1 Å². The van der Waals surface area contributed by atoms with Crippen molar-refractivity contribution in [1.29, 1.82) is 0 Å². The Labute approximate surface area is 226 Å². The van der Waals surface area contributed by atoms with Crippen LogP contribution in [0.4, 0.5) is 0 Å². The van der Waals surface area contributed by atoms with Gasteiger partial charge in [0.25, 0.3) is 0 Å². The van der Waals surface area contributed by atoms with Crippen LogP contribution in [0.3, 0.4) is 0 Å². The zero-order valence-electron chi connectivity index (χ0n) is 21.1. The molecule has 38 heavy (non-hydrogen) atoms. The fourth-order valence-electron chi connectivity index (χ4n) is 4.06. The summed E-state index contributed by atoms with van der Waals surface area (Å²) in [6, 6.07) is 18.3. The number of halogens is 1. The third-order valence-corrected chi connectivity index (χ3v) is 7.81. The Morgan fingerprint density at radius 3 is 2.37 bits per heavy atom. The van der Waals surface area contributed by atoms with E-state index in [0.717, 1.165) is 5.56 Å². The van der Waals surface area contributed by atoms with Crippen LogP contribution in [0.2, 0.25) is 5.02 Å². The summed E-state index contributed by atoms with van der Waals surface area (Å²) in [6.07, 6.45) is 1.98. The van der Waals surface area contributed by atoms with Crippen molar-refractivity contribution in [2.75, 3.05) is 6.54 Å². The number of unbranched alkanes of at least 4 members (excludes halogenated alkanes) is 2. The third kappa shape index (κ3) is 6.69. The van der Waals surface area contributed by atoms with Gasteiger partial charge in [-0.15, -0.1) is 0 Å². The van der Waals surface area contributed by atoms with E-state index >= 15 is 0 Å². The predicted molar refractivity (Wildman–Crippen MR) is 148 cm³/mol. The molecule has 0 spiro atoms. The van der Waals surface area contributed by atoms with Gasteiger partial charge in [-0.1, -0.05) is 47.9 Å². The lowest BCUT2D eigenvalue weighted by atomic mass is 10.0. The summed E-state index contributed by atoms with van der Waals surface area (Å²) < 4.78 is 38.5. The monoisotopic (exact) mass is 553 g/mol. The van der Waals surface area contributed by atoms with E-state index in [4.69, 9.17) is 20.8 Å². The smallest absolute Gasteiger partial charge is 0.311 e. The molecule has 0 bridgehead atoms. The summed E-state index contributed by atoms with van der Waals surface area (Å²) in [5, 5.41) is 0.958. The Kier molecular flexibility index (Phi) is 8.66. The molecule has 0 saturated heterocycles. The number of hydrogen-bond donors (Lipinski definition) is 1. The second-order valence-electron chi connectivity index (χ2n) is 9.02. The SMILES string of the molecule is Cc1ccc(S(=O)(=O)NCCCCCC(=O)Oc2ccc3c(=O)c(-c4ccc(Cl)cc4)c(C)oc3c2)cc1. The largest absolute Gasteiger partial charge is 0.460 e. The fraction of sp³-hybridized carbons (Fsp3) is 0.241. The van der Waals surface area contributed by atoms with Gasteiger partial charge < -0.3 is 9.15 Å². The van der Waals surface area contributed by atoms with Crippen molar-refractivity contribution >= 4 is 38.6 Å². The molecule has 0 unspecified atom stereocenters. The molecule has 9 heteroatoms. The van der Waals surface area contributed by atoms with Gasteiger partial charge in [0, 0.05) is 24.1 Å². The molecule has 0 atom stereocenters. The molecule has 0 aliphatic rings. The van der Waals surface area contributed by atoms with Crippen LogP contribution < -0.4 is 14.9 Å². The second-order valence-corrected chi connectivity index (χ2v) is 11.2. The minimum absolute atomic E-state index is 0.179. The van der Waals surface area contributed by atoms with Crippen LogP contribution in [0.15, 0.2) is 80.8 Å². The predicted octanol–water partition coefficient (Wildman–Crippen LogP) is 6.17. The highest BCUT2D eigenvalue weighted by atomic mass is 35.5. The number of hydrogen-bond acceptors (Lipinski definition) is 6. The van der Waals surface area contributed by atoms with Crippen LogP contribution in [0.5, 0.6) is 5.75 Å². The Hall–Kier alpha value is -3.46. The van der Waals surface area contributed by atoms with Crippen LogP contribution in [-0.4, -0.2) is 20.9 Å². The average molecular weight is 554 g/mol. The molecule has 1 heterocycles. The second kappa shape index (κ2) is 11.9. The van der Waals surface area contributed by atoms with E-state index in [1.54, 1.807) is 67.6 Å². The van der Waals surface area contributed by atoms with Gasteiger partial charge in [-0.05, 0) is 68.7 Å². The van der Waals surface area contributed by atoms with Crippen LogP contribution in [0.1, 0.15) is 37.0 Å². The van der Waals surface area contributed by atoms with Gasteiger partial charge >= 0.3 is 5.97 Å². The average Bonchev–Trinajstić information content (AvgIpc) is 2.87. The molecule has 4 aromatic rings. The zero-order valence-corrected chi connectivity index (χ0v) is 22.7. The van der Waals surface area contributed by atoms with Gasteiger partial charge in [-0.25, -0.2) is 13.1 Å². The third-order valence-electron chi connectivity index (χ3n) is 6.09. The first-order valence-electron chi connectivity index (χ1n) is 12.2. The van der Waals surface area contributed by atoms with Crippen molar-refractivity contribution in [2.24, 2.45) is 0 Å². The summed E-state index contributed by atoms with van der Waals surface area (Å²) >= 11 is 5.96. The minimum Gasteiger partial charge on any atom is -0.460 e. The Morgan fingerprint density at radius 1 is 0.947 bits per heavy atom. The van der Waals surface area contributed by atoms with E-state index in [1.807, 2.05) is 6.92 Å². The lowest BCUT2D eigenvalue weighted by Crippen LogP contribution is -2.24. The standard InChI is InChI=1S/C29H28ClNO6S/c1-19-7-14-24(15-8-19)38(34,35)31-17-5-3-4-6-27(32)37-23-13-16-25-26(18-23)36-20(2)28(29(25)33)21-9-11-22(30)12-10-21/h7-16,18,31H,3-6,17H2,1-2H3. The van der Waals surface area contributed by atoms with Gasteiger partial charge in [0.15, 0.2) is 0 Å². The van der Waals surface area contributed by atoms with Crippen LogP contribution in [0, 0.1) is 13.8 Å². The lowest BCUT2D eigenvalue weighted by Gasteiger charge is -2.09. The van der Waals surface area contributed by atoms with Crippen LogP contribution >= 0.6 is 11.6 Å². The molecule has 4 rings (SSSR count). The van der Waals surface area contributed by atoms with Crippen molar-refractivity contribution < 1.29 is 22.4 Å². The summed E-state index contributed by atoms with van der Waals surface area (Å²) in [6.45, 7) is 3.89. The van der Waals surface area contributed by atoms with E-state index in [2.05, 4.69) is 4.72 Å². The minimum atomic E-state index is -3.54. The maximum absolute atomic E-state index is 13.1. The van der Waals surface area contributed by atoms with Gasteiger partial charge in [-0.2, -0.15) is 0 Å². The summed E-state index contributed by atoms with van der Waals surface area (Å²) in [7, 11) is -3.54.